The van der Waals surface area contributed by atoms with E-state index in [1.165, 1.54) is 0 Å². The Morgan fingerprint density at radius 3 is 2.38 bits per heavy atom. The number of aliphatic hydroxyl groups excluding tert-OH is 2. The Bertz CT molecular complexity index is 98.5. The average Bonchev–Trinajstić information content (AvgIpc) is 2.16. The molecule has 5 heteroatoms. The summed E-state index contributed by atoms with van der Waals surface area (Å²) < 4.78 is 15.1. The molecular formula is C8H18O5. The molecule has 0 aromatic carbocycles. The van der Waals surface area contributed by atoms with E-state index < -0.39 is 6.29 Å². The molecule has 2 N–H and O–H groups in total. The minimum Gasteiger partial charge on any atom is -0.394 e. The van der Waals surface area contributed by atoms with Gasteiger partial charge in [-0.25, -0.2) is 0 Å². The van der Waals surface area contributed by atoms with Crippen LogP contribution in [0.15, 0.2) is 0 Å². The molecule has 13 heavy (non-hydrogen) atoms. The molecule has 0 spiro atoms. The first-order chi connectivity index (χ1) is 6.35. The lowest BCUT2D eigenvalue weighted by Gasteiger charge is -2.14. The van der Waals surface area contributed by atoms with Crippen LogP contribution in [0.1, 0.15) is 6.92 Å². The zero-order chi connectivity index (χ0) is 9.94. The van der Waals surface area contributed by atoms with Gasteiger partial charge in [0.05, 0.1) is 33.0 Å². The van der Waals surface area contributed by atoms with Gasteiger partial charge in [0.15, 0.2) is 6.29 Å². The monoisotopic (exact) mass is 194 g/mol. The topological polar surface area (TPSA) is 68.2 Å². The maximum Gasteiger partial charge on any atom is 0.180 e. The van der Waals surface area contributed by atoms with Crippen LogP contribution < -0.4 is 0 Å². The third-order valence-corrected chi connectivity index (χ3v) is 1.27. The van der Waals surface area contributed by atoms with Gasteiger partial charge in [-0.2, -0.15) is 0 Å². The Kier molecular flexibility index (Phi) is 9.73. The molecular weight excluding hydrogens is 176 g/mol. The first kappa shape index (κ1) is 12.8. The molecule has 0 aliphatic carbocycles. The fourth-order valence-corrected chi connectivity index (χ4v) is 0.745. The third-order valence-electron chi connectivity index (χ3n) is 1.27. The van der Waals surface area contributed by atoms with E-state index in [9.17, 15) is 0 Å². The minimum atomic E-state index is -0.567. The number of rotatable bonds is 9. The van der Waals surface area contributed by atoms with Crippen molar-refractivity contribution in [2.45, 2.75) is 13.2 Å². The van der Waals surface area contributed by atoms with Gasteiger partial charge >= 0.3 is 0 Å². The predicted molar refractivity (Wildman–Crippen MR) is 46.4 cm³/mol. The van der Waals surface area contributed by atoms with Crippen LogP contribution in [0.5, 0.6) is 0 Å². The Labute approximate surface area is 78.2 Å². The number of aliphatic hydroxyl groups is 2. The molecule has 0 amide bonds. The predicted octanol–water partition coefficient (Wildman–Crippen LogP) is -0.633. The van der Waals surface area contributed by atoms with E-state index in [1.807, 2.05) is 6.92 Å². The Hall–Kier alpha value is -0.200. The summed E-state index contributed by atoms with van der Waals surface area (Å²) >= 11 is 0. The van der Waals surface area contributed by atoms with Gasteiger partial charge in [-0.05, 0) is 6.92 Å². The molecule has 1 atom stereocenters. The minimum absolute atomic E-state index is 0.00882. The van der Waals surface area contributed by atoms with Crippen molar-refractivity contribution in [3.05, 3.63) is 0 Å². The molecule has 0 aliphatic rings. The van der Waals surface area contributed by atoms with Gasteiger partial charge in [0.25, 0.3) is 0 Å². The van der Waals surface area contributed by atoms with Crippen molar-refractivity contribution in [2.75, 3.05) is 39.6 Å². The van der Waals surface area contributed by atoms with Crippen LogP contribution >= 0.6 is 0 Å². The van der Waals surface area contributed by atoms with Gasteiger partial charge in [-0.15, -0.1) is 0 Å². The largest absolute Gasteiger partial charge is 0.394 e. The SMILES string of the molecule is CCOC(CO)OCCOCCO. The van der Waals surface area contributed by atoms with Gasteiger partial charge in [-0.3, -0.25) is 0 Å². The van der Waals surface area contributed by atoms with Gasteiger partial charge in [0.2, 0.25) is 0 Å². The summed E-state index contributed by atoms with van der Waals surface area (Å²) in [5.41, 5.74) is 0. The van der Waals surface area contributed by atoms with Crippen molar-refractivity contribution >= 4 is 0 Å². The van der Waals surface area contributed by atoms with E-state index in [0.717, 1.165) is 0 Å². The maximum absolute atomic E-state index is 8.73. The summed E-state index contributed by atoms with van der Waals surface area (Å²) in [6.45, 7) is 3.23. The van der Waals surface area contributed by atoms with E-state index >= 15 is 0 Å². The Morgan fingerprint density at radius 2 is 1.85 bits per heavy atom. The smallest absolute Gasteiger partial charge is 0.180 e. The van der Waals surface area contributed by atoms with Crippen molar-refractivity contribution in [2.24, 2.45) is 0 Å². The van der Waals surface area contributed by atoms with Crippen LogP contribution in [-0.2, 0) is 14.2 Å². The molecule has 0 fully saturated rings. The van der Waals surface area contributed by atoms with Gasteiger partial charge in [0, 0.05) is 6.61 Å². The second kappa shape index (κ2) is 9.88. The van der Waals surface area contributed by atoms with Crippen LogP contribution in [-0.4, -0.2) is 56.1 Å². The van der Waals surface area contributed by atoms with Crippen LogP contribution in [0, 0.1) is 0 Å². The third kappa shape index (κ3) is 8.14. The highest BCUT2D eigenvalue weighted by Gasteiger charge is 2.05. The van der Waals surface area contributed by atoms with Gasteiger partial charge in [-0.1, -0.05) is 0 Å². The van der Waals surface area contributed by atoms with Crippen molar-refractivity contribution in [1.82, 2.24) is 0 Å². The summed E-state index contributed by atoms with van der Waals surface area (Å²) in [4.78, 5) is 0. The molecule has 0 rings (SSSR count). The van der Waals surface area contributed by atoms with Crippen LogP contribution in [0.3, 0.4) is 0 Å². The molecule has 0 saturated carbocycles. The van der Waals surface area contributed by atoms with E-state index in [-0.39, 0.29) is 13.2 Å². The number of hydrogen-bond donors (Lipinski definition) is 2. The quantitative estimate of drug-likeness (QED) is 0.378. The lowest BCUT2D eigenvalue weighted by atomic mass is 10.6. The molecule has 5 nitrogen and oxygen atoms in total. The van der Waals surface area contributed by atoms with E-state index in [2.05, 4.69) is 0 Å². The molecule has 0 aromatic rings. The molecule has 1 unspecified atom stereocenters. The zero-order valence-electron chi connectivity index (χ0n) is 7.94. The summed E-state index contributed by atoms with van der Waals surface area (Å²) in [5.74, 6) is 0. The fourth-order valence-electron chi connectivity index (χ4n) is 0.745. The van der Waals surface area contributed by atoms with E-state index in [0.29, 0.717) is 26.4 Å². The van der Waals surface area contributed by atoms with Gasteiger partial charge < -0.3 is 24.4 Å². The van der Waals surface area contributed by atoms with Crippen molar-refractivity contribution in [3.8, 4) is 0 Å². The van der Waals surface area contributed by atoms with Crippen molar-refractivity contribution in [1.29, 1.82) is 0 Å². The Balaban J connectivity index is 3.17. The second-order valence-electron chi connectivity index (χ2n) is 2.27. The molecule has 0 radical (unpaired) electrons. The molecule has 0 aromatic heterocycles. The highest BCUT2D eigenvalue weighted by molar-refractivity contribution is 4.39. The van der Waals surface area contributed by atoms with Crippen LogP contribution in [0.2, 0.25) is 0 Å². The molecule has 0 bridgehead atoms. The first-order valence-electron chi connectivity index (χ1n) is 4.37. The lowest BCUT2D eigenvalue weighted by molar-refractivity contribution is -0.166. The molecule has 0 heterocycles. The highest BCUT2D eigenvalue weighted by atomic mass is 16.7. The first-order valence-corrected chi connectivity index (χ1v) is 4.37. The molecule has 0 aliphatic heterocycles. The summed E-state index contributed by atoms with van der Waals surface area (Å²) in [5, 5.41) is 17.1. The van der Waals surface area contributed by atoms with Gasteiger partial charge in [0.1, 0.15) is 0 Å². The normalized spacial score (nSPS) is 13.2. The average molecular weight is 194 g/mol. The number of hydrogen-bond acceptors (Lipinski definition) is 5. The van der Waals surface area contributed by atoms with Crippen LogP contribution in [0.25, 0.3) is 0 Å². The van der Waals surface area contributed by atoms with Crippen molar-refractivity contribution in [3.63, 3.8) is 0 Å². The summed E-state index contributed by atoms with van der Waals surface area (Å²) in [7, 11) is 0. The summed E-state index contributed by atoms with van der Waals surface area (Å²) in [6.07, 6.45) is -0.567. The summed E-state index contributed by atoms with van der Waals surface area (Å²) in [6, 6.07) is 0. The second-order valence-corrected chi connectivity index (χ2v) is 2.27. The number of ether oxygens (including phenoxy) is 3. The standard InChI is InChI=1S/C8H18O5/c1-2-12-8(7-10)13-6-5-11-4-3-9/h8-10H,2-7H2,1H3. The zero-order valence-corrected chi connectivity index (χ0v) is 7.94. The fraction of sp³-hybridized carbons (Fsp3) is 1.00. The van der Waals surface area contributed by atoms with E-state index in [1.54, 1.807) is 0 Å². The highest BCUT2D eigenvalue weighted by Crippen LogP contribution is 1.93. The Morgan fingerprint density at radius 1 is 1.08 bits per heavy atom. The van der Waals surface area contributed by atoms with E-state index in [4.69, 9.17) is 24.4 Å². The molecule has 0 saturated heterocycles. The maximum atomic E-state index is 8.73. The lowest BCUT2D eigenvalue weighted by Crippen LogP contribution is -2.23. The van der Waals surface area contributed by atoms with Crippen LogP contribution in [0.4, 0.5) is 0 Å². The molecule has 80 valence electrons. The van der Waals surface area contributed by atoms with Crippen molar-refractivity contribution < 1.29 is 24.4 Å².